The molecule has 0 aliphatic rings. The third-order valence-electron chi connectivity index (χ3n) is 2.19. The first-order valence-electron chi connectivity index (χ1n) is 4.50. The fraction of sp³-hybridized carbons (Fsp3) is 0.900. The molecule has 3 nitrogen and oxygen atoms in total. The highest BCUT2D eigenvalue weighted by atomic mass is 16.5. The summed E-state index contributed by atoms with van der Waals surface area (Å²) >= 11 is 0. The van der Waals surface area contributed by atoms with Crippen molar-refractivity contribution < 1.29 is 14.6 Å². The maximum Gasteiger partial charge on any atom is 0.163 e. The van der Waals surface area contributed by atoms with E-state index in [0.717, 1.165) is 0 Å². The van der Waals surface area contributed by atoms with Crippen molar-refractivity contribution in [1.29, 1.82) is 0 Å². The van der Waals surface area contributed by atoms with Gasteiger partial charge in [-0.25, -0.2) is 0 Å². The molecule has 0 radical (unpaired) electrons. The molecule has 0 bridgehead atoms. The van der Waals surface area contributed by atoms with Gasteiger partial charge in [0.1, 0.15) is 5.60 Å². The SMILES string of the molecule is COC(C)(C)CCC(=O)C(C)(C)O. The standard InChI is InChI=1S/C10H20O3/c1-9(2,13-5)7-6-8(11)10(3,4)12/h12H,6-7H2,1-5H3. The van der Waals surface area contributed by atoms with Gasteiger partial charge in [0, 0.05) is 13.5 Å². The van der Waals surface area contributed by atoms with Crippen molar-refractivity contribution in [2.45, 2.75) is 51.7 Å². The van der Waals surface area contributed by atoms with E-state index in [-0.39, 0.29) is 11.4 Å². The topological polar surface area (TPSA) is 46.5 Å². The number of ether oxygens (including phenoxy) is 1. The van der Waals surface area contributed by atoms with Crippen LogP contribution in [0.25, 0.3) is 0 Å². The van der Waals surface area contributed by atoms with Gasteiger partial charge in [-0.3, -0.25) is 4.79 Å². The van der Waals surface area contributed by atoms with Crippen LogP contribution in [-0.2, 0) is 9.53 Å². The Hall–Kier alpha value is -0.410. The molecular formula is C10H20O3. The summed E-state index contributed by atoms with van der Waals surface area (Å²) in [6.45, 7) is 6.86. The fourth-order valence-electron chi connectivity index (χ4n) is 0.823. The Morgan fingerprint density at radius 3 is 2.08 bits per heavy atom. The van der Waals surface area contributed by atoms with Crippen LogP contribution in [0.3, 0.4) is 0 Å². The molecule has 0 amide bonds. The highest BCUT2D eigenvalue weighted by Gasteiger charge is 2.26. The van der Waals surface area contributed by atoms with Crippen LogP contribution in [-0.4, -0.2) is 29.2 Å². The zero-order chi connectivity index (χ0) is 10.7. The summed E-state index contributed by atoms with van der Waals surface area (Å²) in [4.78, 5) is 11.3. The van der Waals surface area contributed by atoms with E-state index < -0.39 is 5.60 Å². The molecule has 0 unspecified atom stereocenters. The van der Waals surface area contributed by atoms with Crippen LogP contribution in [0.15, 0.2) is 0 Å². The number of hydrogen-bond donors (Lipinski definition) is 1. The molecule has 0 fully saturated rings. The molecule has 0 aromatic heterocycles. The largest absolute Gasteiger partial charge is 0.383 e. The number of ketones is 1. The third-order valence-corrected chi connectivity index (χ3v) is 2.19. The van der Waals surface area contributed by atoms with Crippen LogP contribution < -0.4 is 0 Å². The predicted octanol–water partition coefficient (Wildman–Crippen LogP) is 1.53. The predicted molar refractivity (Wildman–Crippen MR) is 51.6 cm³/mol. The molecule has 0 atom stereocenters. The van der Waals surface area contributed by atoms with Crippen LogP contribution in [0.5, 0.6) is 0 Å². The molecule has 0 aliphatic heterocycles. The molecular weight excluding hydrogens is 168 g/mol. The minimum Gasteiger partial charge on any atom is -0.383 e. The third kappa shape index (κ3) is 5.01. The van der Waals surface area contributed by atoms with E-state index in [4.69, 9.17) is 4.74 Å². The number of carbonyl (C=O) groups is 1. The van der Waals surface area contributed by atoms with Crippen LogP contribution in [0.1, 0.15) is 40.5 Å². The Kier molecular flexibility index (Phi) is 4.07. The van der Waals surface area contributed by atoms with Gasteiger partial charge < -0.3 is 9.84 Å². The van der Waals surface area contributed by atoms with Gasteiger partial charge >= 0.3 is 0 Å². The van der Waals surface area contributed by atoms with Crippen LogP contribution in [0.4, 0.5) is 0 Å². The van der Waals surface area contributed by atoms with E-state index in [2.05, 4.69) is 0 Å². The number of methoxy groups -OCH3 is 1. The van der Waals surface area contributed by atoms with Crippen LogP contribution in [0, 0.1) is 0 Å². The molecule has 0 aromatic carbocycles. The smallest absolute Gasteiger partial charge is 0.163 e. The number of rotatable bonds is 5. The van der Waals surface area contributed by atoms with E-state index in [1.807, 2.05) is 13.8 Å². The van der Waals surface area contributed by atoms with Gasteiger partial charge in [-0.2, -0.15) is 0 Å². The van der Waals surface area contributed by atoms with Gasteiger partial charge in [0.2, 0.25) is 0 Å². The van der Waals surface area contributed by atoms with E-state index in [0.29, 0.717) is 12.8 Å². The maximum atomic E-state index is 11.3. The second kappa shape index (κ2) is 4.20. The first kappa shape index (κ1) is 12.6. The Balaban J connectivity index is 3.98. The number of Topliss-reactive ketones (excluding diaryl/α,β-unsaturated/α-hetero) is 1. The molecule has 0 saturated carbocycles. The number of carbonyl (C=O) groups excluding carboxylic acids is 1. The summed E-state index contributed by atoms with van der Waals surface area (Å²) < 4.78 is 5.17. The molecule has 0 rings (SSSR count). The van der Waals surface area contributed by atoms with Gasteiger partial charge in [-0.05, 0) is 34.1 Å². The van der Waals surface area contributed by atoms with Crippen molar-refractivity contribution in [3.63, 3.8) is 0 Å². The van der Waals surface area contributed by atoms with E-state index >= 15 is 0 Å². The van der Waals surface area contributed by atoms with Gasteiger partial charge in [0.25, 0.3) is 0 Å². The van der Waals surface area contributed by atoms with Crippen molar-refractivity contribution in [3.8, 4) is 0 Å². The molecule has 3 heteroatoms. The van der Waals surface area contributed by atoms with Gasteiger partial charge in [-0.1, -0.05) is 0 Å². The molecule has 0 aromatic rings. The number of aliphatic hydroxyl groups is 1. The molecule has 0 spiro atoms. The quantitative estimate of drug-likeness (QED) is 0.711. The lowest BCUT2D eigenvalue weighted by Gasteiger charge is -2.24. The lowest BCUT2D eigenvalue weighted by molar-refractivity contribution is -0.135. The Labute approximate surface area is 80.1 Å². The fourth-order valence-corrected chi connectivity index (χ4v) is 0.823. The van der Waals surface area contributed by atoms with Crippen molar-refractivity contribution in [2.75, 3.05) is 7.11 Å². The van der Waals surface area contributed by atoms with E-state index in [1.54, 1.807) is 7.11 Å². The van der Waals surface area contributed by atoms with E-state index in [9.17, 15) is 9.90 Å². The second-order valence-electron chi connectivity index (χ2n) is 4.45. The maximum absolute atomic E-state index is 11.3. The van der Waals surface area contributed by atoms with Crippen molar-refractivity contribution in [1.82, 2.24) is 0 Å². The number of hydrogen-bond acceptors (Lipinski definition) is 3. The van der Waals surface area contributed by atoms with Gasteiger partial charge in [0.05, 0.1) is 5.60 Å². The Bertz CT molecular complexity index is 177. The summed E-state index contributed by atoms with van der Waals surface area (Å²) in [5.41, 5.74) is -1.51. The van der Waals surface area contributed by atoms with E-state index in [1.165, 1.54) is 13.8 Å². The van der Waals surface area contributed by atoms with Gasteiger partial charge in [-0.15, -0.1) is 0 Å². The molecule has 78 valence electrons. The molecule has 0 saturated heterocycles. The Morgan fingerprint density at radius 2 is 1.77 bits per heavy atom. The summed E-state index contributed by atoms with van der Waals surface area (Å²) in [5, 5.41) is 9.37. The van der Waals surface area contributed by atoms with Crippen molar-refractivity contribution >= 4 is 5.78 Å². The average molecular weight is 188 g/mol. The normalized spacial score (nSPS) is 13.1. The summed E-state index contributed by atoms with van der Waals surface area (Å²) in [6.07, 6.45) is 0.983. The average Bonchev–Trinajstić information content (AvgIpc) is 1.98. The lowest BCUT2D eigenvalue weighted by Crippen LogP contribution is -2.33. The summed E-state index contributed by atoms with van der Waals surface area (Å²) in [6, 6.07) is 0. The zero-order valence-electron chi connectivity index (χ0n) is 9.18. The summed E-state index contributed by atoms with van der Waals surface area (Å²) in [5.74, 6) is -0.141. The highest BCUT2D eigenvalue weighted by Crippen LogP contribution is 2.18. The first-order chi connectivity index (χ1) is 5.69. The zero-order valence-corrected chi connectivity index (χ0v) is 9.18. The minimum absolute atomic E-state index is 0.141. The van der Waals surface area contributed by atoms with Crippen LogP contribution in [0.2, 0.25) is 0 Å². The lowest BCUT2D eigenvalue weighted by atomic mass is 9.94. The highest BCUT2D eigenvalue weighted by molar-refractivity contribution is 5.86. The second-order valence-corrected chi connectivity index (χ2v) is 4.45. The monoisotopic (exact) mass is 188 g/mol. The first-order valence-corrected chi connectivity index (χ1v) is 4.50. The molecule has 13 heavy (non-hydrogen) atoms. The van der Waals surface area contributed by atoms with Gasteiger partial charge in [0.15, 0.2) is 5.78 Å². The molecule has 1 N–H and O–H groups in total. The van der Waals surface area contributed by atoms with Crippen molar-refractivity contribution in [3.05, 3.63) is 0 Å². The van der Waals surface area contributed by atoms with Crippen LogP contribution >= 0.6 is 0 Å². The minimum atomic E-state index is -1.22. The Morgan fingerprint density at radius 1 is 1.31 bits per heavy atom. The molecule has 0 aliphatic carbocycles. The van der Waals surface area contributed by atoms with Crippen molar-refractivity contribution in [2.24, 2.45) is 0 Å². The summed E-state index contributed by atoms with van der Waals surface area (Å²) in [7, 11) is 1.62. The molecule has 0 heterocycles.